The summed E-state index contributed by atoms with van der Waals surface area (Å²) in [5.74, 6) is 0.497. The van der Waals surface area contributed by atoms with Gasteiger partial charge in [0.05, 0.1) is 38.0 Å². The molecule has 5 nitrogen and oxygen atoms in total. The first-order valence-corrected chi connectivity index (χ1v) is 11.6. The second-order valence-corrected chi connectivity index (χ2v) is 9.60. The number of nitrogens with zero attached hydrogens (tertiary/aromatic N) is 3. The fraction of sp³-hybridized carbons (Fsp3) is 0.333. The fourth-order valence-electron chi connectivity index (χ4n) is 3.46. The first-order chi connectivity index (χ1) is 13.7. The van der Waals surface area contributed by atoms with Gasteiger partial charge in [0.15, 0.2) is 0 Å². The highest BCUT2D eigenvalue weighted by Crippen LogP contribution is 2.23. The SMILES string of the molecule is CCS(=O)c1ccccc1C(=O)N1CCN(Cc2nc3ccccc3s2)CC1. The quantitative estimate of drug-likeness (QED) is 0.643. The Morgan fingerprint density at radius 3 is 2.54 bits per heavy atom. The molecular weight excluding hydrogens is 390 g/mol. The molecule has 0 spiro atoms. The van der Waals surface area contributed by atoms with Crippen molar-refractivity contribution in [2.45, 2.75) is 18.4 Å². The number of thiazole rings is 1. The van der Waals surface area contributed by atoms with Crippen molar-refractivity contribution in [1.29, 1.82) is 0 Å². The summed E-state index contributed by atoms with van der Waals surface area (Å²) in [4.78, 5) is 22.6. The van der Waals surface area contributed by atoms with E-state index in [0.717, 1.165) is 30.2 Å². The molecule has 1 saturated heterocycles. The van der Waals surface area contributed by atoms with Crippen LogP contribution >= 0.6 is 11.3 Å². The molecule has 0 radical (unpaired) electrons. The number of piperazine rings is 1. The molecule has 146 valence electrons. The molecule has 28 heavy (non-hydrogen) atoms. The number of para-hydroxylation sites is 1. The summed E-state index contributed by atoms with van der Waals surface area (Å²) in [5, 5.41) is 1.12. The van der Waals surface area contributed by atoms with Crippen LogP contribution in [0.1, 0.15) is 22.3 Å². The van der Waals surface area contributed by atoms with Crippen LogP contribution in [-0.2, 0) is 17.3 Å². The lowest BCUT2D eigenvalue weighted by atomic mass is 10.2. The Kier molecular flexibility index (Phi) is 5.85. The molecule has 0 aliphatic carbocycles. The number of fused-ring (bicyclic) bond motifs is 1. The van der Waals surface area contributed by atoms with E-state index in [1.807, 2.05) is 42.2 Å². The van der Waals surface area contributed by atoms with E-state index in [-0.39, 0.29) is 5.91 Å². The summed E-state index contributed by atoms with van der Waals surface area (Å²) in [7, 11) is -1.13. The maximum absolute atomic E-state index is 13.0. The second kappa shape index (κ2) is 8.51. The molecule has 1 aliphatic rings. The third kappa shape index (κ3) is 4.01. The number of hydrogen-bond acceptors (Lipinski definition) is 5. The Hall–Kier alpha value is -2.09. The lowest BCUT2D eigenvalue weighted by molar-refractivity contribution is 0.0625. The van der Waals surface area contributed by atoms with Gasteiger partial charge in [0.2, 0.25) is 0 Å². The van der Waals surface area contributed by atoms with Crippen molar-refractivity contribution in [1.82, 2.24) is 14.8 Å². The van der Waals surface area contributed by atoms with Gasteiger partial charge in [0.1, 0.15) is 5.01 Å². The molecule has 1 aliphatic heterocycles. The molecule has 1 amide bonds. The molecule has 1 unspecified atom stereocenters. The zero-order valence-corrected chi connectivity index (χ0v) is 17.5. The molecule has 7 heteroatoms. The van der Waals surface area contributed by atoms with Gasteiger partial charge in [-0.05, 0) is 24.3 Å². The molecule has 3 aromatic rings. The van der Waals surface area contributed by atoms with Crippen LogP contribution in [0.5, 0.6) is 0 Å². The van der Waals surface area contributed by atoms with Gasteiger partial charge in [-0.3, -0.25) is 13.9 Å². The number of carbonyl (C=O) groups is 1. The van der Waals surface area contributed by atoms with Crippen molar-refractivity contribution in [2.24, 2.45) is 0 Å². The van der Waals surface area contributed by atoms with Crippen molar-refractivity contribution in [2.75, 3.05) is 31.9 Å². The fourth-order valence-corrected chi connectivity index (χ4v) is 5.41. The molecule has 1 aromatic heterocycles. The largest absolute Gasteiger partial charge is 0.336 e. The number of rotatable bonds is 5. The molecule has 4 rings (SSSR count). The Morgan fingerprint density at radius 1 is 1.07 bits per heavy atom. The molecule has 0 bridgehead atoms. The third-order valence-electron chi connectivity index (χ3n) is 4.98. The lowest BCUT2D eigenvalue weighted by Gasteiger charge is -2.34. The van der Waals surface area contributed by atoms with Gasteiger partial charge in [0.25, 0.3) is 5.91 Å². The first kappa shape index (κ1) is 19.2. The van der Waals surface area contributed by atoms with Gasteiger partial charge >= 0.3 is 0 Å². The molecule has 0 N–H and O–H groups in total. The number of carbonyl (C=O) groups excluding carboxylic acids is 1. The van der Waals surface area contributed by atoms with E-state index in [9.17, 15) is 9.00 Å². The minimum atomic E-state index is -1.13. The summed E-state index contributed by atoms with van der Waals surface area (Å²) >= 11 is 1.74. The van der Waals surface area contributed by atoms with Crippen LogP contribution in [0.4, 0.5) is 0 Å². The van der Waals surface area contributed by atoms with Crippen LogP contribution in [0.15, 0.2) is 53.4 Å². The number of benzene rings is 2. The summed E-state index contributed by atoms with van der Waals surface area (Å²) < 4.78 is 13.5. The van der Waals surface area contributed by atoms with Gasteiger partial charge in [-0.2, -0.15) is 0 Å². The van der Waals surface area contributed by atoms with E-state index >= 15 is 0 Å². The summed E-state index contributed by atoms with van der Waals surface area (Å²) in [6.07, 6.45) is 0. The zero-order valence-electron chi connectivity index (χ0n) is 15.8. The monoisotopic (exact) mass is 413 g/mol. The van der Waals surface area contributed by atoms with Gasteiger partial charge in [-0.25, -0.2) is 4.98 Å². The predicted octanol–water partition coefficient (Wildman–Crippen LogP) is 3.38. The lowest BCUT2D eigenvalue weighted by Crippen LogP contribution is -2.48. The van der Waals surface area contributed by atoms with Gasteiger partial charge in [0, 0.05) is 31.9 Å². The van der Waals surface area contributed by atoms with Crippen molar-refractivity contribution in [3.05, 3.63) is 59.1 Å². The highest BCUT2D eigenvalue weighted by atomic mass is 32.2. The molecule has 2 heterocycles. The standard InChI is InChI=1S/C21H23N3O2S2/c1-2-28(26)19-10-6-3-7-16(19)21(25)24-13-11-23(12-14-24)15-20-22-17-8-4-5-9-18(17)27-20/h3-10H,2,11-15H2,1H3. The summed E-state index contributed by atoms with van der Waals surface area (Å²) in [6.45, 7) is 5.69. The van der Waals surface area contributed by atoms with Crippen molar-refractivity contribution in [3.8, 4) is 0 Å². The van der Waals surface area contributed by atoms with Crippen LogP contribution in [0, 0.1) is 0 Å². The van der Waals surface area contributed by atoms with Crippen molar-refractivity contribution < 1.29 is 9.00 Å². The Balaban J connectivity index is 1.40. The highest BCUT2D eigenvalue weighted by molar-refractivity contribution is 7.85. The van der Waals surface area contributed by atoms with E-state index in [4.69, 9.17) is 4.98 Å². The third-order valence-corrected chi connectivity index (χ3v) is 7.37. The average molecular weight is 414 g/mol. The maximum atomic E-state index is 13.0. The van der Waals surface area contributed by atoms with Gasteiger partial charge < -0.3 is 4.90 Å². The normalized spacial score (nSPS) is 16.4. The maximum Gasteiger partial charge on any atom is 0.255 e. The topological polar surface area (TPSA) is 53.5 Å². The van der Waals surface area contributed by atoms with Gasteiger partial charge in [-0.1, -0.05) is 31.2 Å². The van der Waals surface area contributed by atoms with Crippen LogP contribution in [0.2, 0.25) is 0 Å². The predicted molar refractivity (Wildman–Crippen MR) is 114 cm³/mol. The minimum absolute atomic E-state index is 0.0166. The van der Waals surface area contributed by atoms with E-state index in [0.29, 0.717) is 29.3 Å². The molecule has 2 aromatic carbocycles. The van der Waals surface area contributed by atoms with Crippen LogP contribution in [0.3, 0.4) is 0 Å². The van der Waals surface area contributed by atoms with Crippen molar-refractivity contribution in [3.63, 3.8) is 0 Å². The molecule has 1 fully saturated rings. The zero-order chi connectivity index (χ0) is 19.5. The number of aromatic nitrogens is 1. The van der Waals surface area contributed by atoms with Crippen LogP contribution in [-0.4, -0.2) is 56.8 Å². The smallest absolute Gasteiger partial charge is 0.255 e. The van der Waals surface area contributed by atoms with Crippen LogP contribution < -0.4 is 0 Å². The highest BCUT2D eigenvalue weighted by Gasteiger charge is 2.25. The number of amides is 1. The average Bonchev–Trinajstić information content (AvgIpc) is 3.15. The molecular formula is C21H23N3O2S2. The first-order valence-electron chi connectivity index (χ1n) is 9.49. The Labute approximate surface area is 171 Å². The minimum Gasteiger partial charge on any atom is -0.336 e. The number of hydrogen-bond donors (Lipinski definition) is 0. The van der Waals surface area contributed by atoms with Gasteiger partial charge in [-0.15, -0.1) is 11.3 Å². The van der Waals surface area contributed by atoms with E-state index in [1.165, 1.54) is 4.70 Å². The summed E-state index contributed by atoms with van der Waals surface area (Å²) in [5.41, 5.74) is 1.62. The molecule has 1 atom stereocenters. The van der Waals surface area contributed by atoms with E-state index < -0.39 is 10.8 Å². The van der Waals surface area contributed by atoms with E-state index in [2.05, 4.69) is 11.0 Å². The Bertz CT molecular complexity index is 977. The second-order valence-electron chi connectivity index (χ2n) is 6.77. The van der Waals surface area contributed by atoms with E-state index in [1.54, 1.807) is 23.5 Å². The van der Waals surface area contributed by atoms with Crippen LogP contribution in [0.25, 0.3) is 10.2 Å². The van der Waals surface area contributed by atoms with Crippen molar-refractivity contribution >= 4 is 38.3 Å². The Morgan fingerprint density at radius 2 is 1.79 bits per heavy atom. The molecule has 0 saturated carbocycles. The summed E-state index contributed by atoms with van der Waals surface area (Å²) in [6, 6.07) is 15.5.